The molecule has 2 rings (SSSR count). The lowest BCUT2D eigenvalue weighted by Crippen LogP contribution is -2.14. The second-order valence-corrected chi connectivity index (χ2v) is 6.64. The maximum absolute atomic E-state index is 12.3. The van der Waals surface area contributed by atoms with E-state index in [0.717, 1.165) is 18.8 Å². The highest BCUT2D eigenvalue weighted by Gasteiger charge is 2.14. The molecule has 2 aromatic rings. The minimum Gasteiger partial charge on any atom is -0.370 e. The van der Waals surface area contributed by atoms with Crippen LogP contribution in [0.25, 0.3) is 0 Å². The summed E-state index contributed by atoms with van der Waals surface area (Å²) >= 11 is 0. The summed E-state index contributed by atoms with van der Waals surface area (Å²) in [6.07, 6.45) is 2.71. The topological polar surface area (TPSA) is 54.0 Å². The van der Waals surface area contributed by atoms with Crippen molar-refractivity contribution in [2.75, 3.05) is 17.2 Å². The normalized spacial score (nSPS) is 11.1. The average Bonchev–Trinajstić information content (AvgIpc) is 2.53. The van der Waals surface area contributed by atoms with Gasteiger partial charge < -0.3 is 10.6 Å². The summed E-state index contributed by atoms with van der Waals surface area (Å²) in [5.41, 5.74) is 2.63. The summed E-state index contributed by atoms with van der Waals surface area (Å²) in [5.74, 6) is 0.695. The number of hydrogen-bond acceptors (Lipinski definition) is 3. The van der Waals surface area contributed by atoms with E-state index in [-0.39, 0.29) is 11.3 Å². The van der Waals surface area contributed by atoms with Crippen LogP contribution < -0.4 is 10.6 Å². The largest absolute Gasteiger partial charge is 0.370 e. The zero-order valence-electron chi connectivity index (χ0n) is 14.3. The predicted molar refractivity (Wildman–Crippen MR) is 96.1 cm³/mol. The molecule has 0 radical (unpaired) electrons. The van der Waals surface area contributed by atoms with E-state index in [4.69, 9.17) is 0 Å². The van der Waals surface area contributed by atoms with E-state index in [1.807, 2.05) is 36.4 Å². The lowest BCUT2D eigenvalue weighted by atomic mass is 9.87. The molecule has 1 aromatic carbocycles. The van der Waals surface area contributed by atoms with E-state index in [1.165, 1.54) is 5.56 Å². The highest BCUT2D eigenvalue weighted by atomic mass is 16.1. The average molecular weight is 311 g/mol. The van der Waals surface area contributed by atoms with Crippen molar-refractivity contribution < 1.29 is 4.79 Å². The summed E-state index contributed by atoms with van der Waals surface area (Å²) in [7, 11) is 0. The maximum Gasteiger partial charge on any atom is 0.255 e. The highest BCUT2D eigenvalue weighted by Crippen LogP contribution is 2.22. The Labute approximate surface area is 138 Å². The SMILES string of the molecule is CCCNc1ccc(NC(=O)c2ccc(C(C)(C)C)cc2)cn1. The minimum atomic E-state index is -0.124. The molecular weight excluding hydrogens is 286 g/mol. The number of aromatic nitrogens is 1. The Morgan fingerprint density at radius 1 is 1.09 bits per heavy atom. The molecule has 0 saturated heterocycles. The van der Waals surface area contributed by atoms with Gasteiger partial charge in [0.2, 0.25) is 0 Å². The number of anilines is 2. The number of nitrogens with one attached hydrogen (secondary N) is 2. The van der Waals surface area contributed by atoms with Crippen LogP contribution in [-0.2, 0) is 5.41 Å². The lowest BCUT2D eigenvalue weighted by molar-refractivity contribution is 0.102. The van der Waals surface area contributed by atoms with Crippen LogP contribution in [0.2, 0.25) is 0 Å². The molecular formula is C19H25N3O. The number of rotatable bonds is 5. The smallest absolute Gasteiger partial charge is 0.255 e. The molecule has 0 aliphatic rings. The van der Waals surface area contributed by atoms with Gasteiger partial charge in [-0.25, -0.2) is 4.98 Å². The number of carbonyl (C=O) groups excluding carboxylic acids is 1. The third-order valence-corrected chi connectivity index (χ3v) is 3.59. The third kappa shape index (κ3) is 4.81. The minimum absolute atomic E-state index is 0.0836. The first-order valence-electron chi connectivity index (χ1n) is 8.02. The van der Waals surface area contributed by atoms with Gasteiger partial charge in [-0.15, -0.1) is 0 Å². The first kappa shape index (κ1) is 17.0. The van der Waals surface area contributed by atoms with Crippen LogP contribution in [0.1, 0.15) is 50.0 Å². The molecule has 0 saturated carbocycles. The number of carbonyl (C=O) groups is 1. The van der Waals surface area contributed by atoms with Crippen LogP contribution in [0.3, 0.4) is 0 Å². The molecule has 0 spiro atoms. The second kappa shape index (κ2) is 7.27. The highest BCUT2D eigenvalue weighted by molar-refractivity contribution is 6.04. The fraction of sp³-hybridized carbons (Fsp3) is 0.368. The molecule has 1 amide bonds. The van der Waals surface area contributed by atoms with Crippen LogP contribution in [0.4, 0.5) is 11.5 Å². The van der Waals surface area contributed by atoms with Crippen molar-refractivity contribution in [3.8, 4) is 0 Å². The Morgan fingerprint density at radius 2 is 1.78 bits per heavy atom. The zero-order valence-corrected chi connectivity index (χ0v) is 14.3. The number of benzene rings is 1. The Kier molecular flexibility index (Phi) is 5.37. The van der Waals surface area contributed by atoms with Crippen molar-refractivity contribution in [3.63, 3.8) is 0 Å². The van der Waals surface area contributed by atoms with Crippen molar-refractivity contribution in [2.45, 2.75) is 39.5 Å². The first-order chi connectivity index (χ1) is 10.9. The Hall–Kier alpha value is -2.36. The van der Waals surface area contributed by atoms with Crippen LogP contribution in [0.5, 0.6) is 0 Å². The van der Waals surface area contributed by atoms with Crippen molar-refractivity contribution in [3.05, 3.63) is 53.7 Å². The Bertz CT molecular complexity index is 640. The van der Waals surface area contributed by atoms with Gasteiger partial charge in [0.1, 0.15) is 5.82 Å². The van der Waals surface area contributed by atoms with E-state index >= 15 is 0 Å². The van der Waals surface area contributed by atoms with Gasteiger partial charge >= 0.3 is 0 Å². The van der Waals surface area contributed by atoms with Gasteiger partial charge in [-0.3, -0.25) is 4.79 Å². The quantitative estimate of drug-likeness (QED) is 0.857. The van der Waals surface area contributed by atoms with Crippen LogP contribution in [0.15, 0.2) is 42.6 Å². The summed E-state index contributed by atoms with van der Waals surface area (Å²) in [6.45, 7) is 9.46. The Morgan fingerprint density at radius 3 is 2.30 bits per heavy atom. The summed E-state index contributed by atoms with van der Waals surface area (Å²) in [4.78, 5) is 16.6. The summed E-state index contributed by atoms with van der Waals surface area (Å²) < 4.78 is 0. The molecule has 2 N–H and O–H groups in total. The number of hydrogen-bond donors (Lipinski definition) is 2. The number of nitrogens with zero attached hydrogens (tertiary/aromatic N) is 1. The molecule has 122 valence electrons. The fourth-order valence-corrected chi connectivity index (χ4v) is 2.15. The zero-order chi connectivity index (χ0) is 16.9. The molecule has 0 atom stereocenters. The molecule has 4 nitrogen and oxygen atoms in total. The van der Waals surface area contributed by atoms with Gasteiger partial charge in [-0.05, 0) is 41.7 Å². The van der Waals surface area contributed by atoms with Gasteiger partial charge in [0.25, 0.3) is 5.91 Å². The van der Waals surface area contributed by atoms with E-state index in [2.05, 4.69) is 43.3 Å². The summed E-state index contributed by atoms with van der Waals surface area (Å²) in [6, 6.07) is 11.5. The van der Waals surface area contributed by atoms with Gasteiger partial charge in [0.05, 0.1) is 11.9 Å². The standard InChI is InChI=1S/C19H25N3O/c1-5-12-20-17-11-10-16(13-21-17)22-18(23)14-6-8-15(9-7-14)19(2,3)4/h6-11,13H,5,12H2,1-4H3,(H,20,21)(H,22,23). The van der Waals surface area contributed by atoms with Gasteiger partial charge in [0.15, 0.2) is 0 Å². The molecule has 0 aliphatic heterocycles. The molecule has 0 unspecified atom stereocenters. The molecule has 1 aromatic heterocycles. The molecule has 1 heterocycles. The summed E-state index contributed by atoms with van der Waals surface area (Å²) in [5, 5.41) is 6.07. The number of amides is 1. The van der Waals surface area contributed by atoms with E-state index < -0.39 is 0 Å². The van der Waals surface area contributed by atoms with Crippen molar-refractivity contribution in [2.24, 2.45) is 0 Å². The van der Waals surface area contributed by atoms with Crippen molar-refractivity contribution >= 4 is 17.4 Å². The Balaban J connectivity index is 2.01. The van der Waals surface area contributed by atoms with Gasteiger partial charge in [0, 0.05) is 12.1 Å². The van der Waals surface area contributed by atoms with Crippen molar-refractivity contribution in [1.29, 1.82) is 0 Å². The molecule has 0 aliphatic carbocycles. The molecule has 23 heavy (non-hydrogen) atoms. The second-order valence-electron chi connectivity index (χ2n) is 6.64. The van der Waals surface area contributed by atoms with Crippen LogP contribution in [-0.4, -0.2) is 17.4 Å². The van der Waals surface area contributed by atoms with Crippen LogP contribution in [0, 0.1) is 0 Å². The van der Waals surface area contributed by atoms with Crippen molar-refractivity contribution in [1.82, 2.24) is 4.98 Å². The van der Waals surface area contributed by atoms with Crippen LogP contribution >= 0.6 is 0 Å². The lowest BCUT2D eigenvalue weighted by Gasteiger charge is -2.19. The fourth-order valence-electron chi connectivity index (χ4n) is 2.15. The predicted octanol–water partition coefficient (Wildman–Crippen LogP) is 4.45. The molecule has 4 heteroatoms. The molecule has 0 fully saturated rings. The number of pyridine rings is 1. The van der Waals surface area contributed by atoms with E-state index in [0.29, 0.717) is 11.3 Å². The third-order valence-electron chi connectivity index (χ3n) is 3.59. The maximum atomic E-state index is 12.3. The van der Waals surface area contributed by atoms with Gasteiger partial charge in [-0.2, -0.15) is 0 Å². The van der Waals surface area contributed by atoms with E-state index in [1.54, 1.807) is 6.20 Å². The first-order valence-corrected chi connectivity index (χ1v) is 8.02. The van der Waals surface area contributed by atoms with E-state index in [9.17, 15) is 4.79 Å². The molecule has 0 bridgehead atoms. The monoisotopic (exact) mass is 311 g/mol. The van der Waals surface area contributed by atoms with Gasteiger partial charge in [-0.1, -0.05) is 39.8 Å².